The number of ether oxygens (including phenoxy) is 1. The zero-order valence-corrected chi connectivity index (χ0v) is 12.9. The zero-order chi connectivity index (χ0) is 14.1. The molecule has 2 heteroatoms. The lowest BCUT2D eigenvalue weighted by Gasteiger charge is -2.10. The molecule has 0 saturated carbocycles. The molecule has 0 fully saturated rings. The van der Waals surface area contributed by atoms with Crippen LogP contribution < -0.4 is 0 Å². The van der Waals surface area contributed by atoms with E-state index in [0.29, 0.717) is 5.92 Å². The number of hydrogen-bond donors (Lipinski definition) is 0. The molecule has 0 aliphatic carbocycles. The van der Waals surface area contributed by atoms with Crippen LogP contribution >= 0.6 is 0 Å². The van der Waals surface area contributed by atoms with Crippen molar-refractivity contribution < 1.29 is 4.74 Å². The average molecular weight is 249 g/mol. The summed E-state index contributed by atoms with van der Waals surface area (Å²) in [7, 11) is 3.53. The van der Waals surface area contributed by atoms with Gasteiger partial charge in [0.05, 0.1) is 7.11 Å². The summed E-state index contributed by atoms with van der Waals surface area (Å²) in [5.74, 6) is 1.50. The fraction of sp³-hybridized carbons (Fsp3) is 0.562. The molecular weight excluding hydrogens is 222 g/mol. The van der Waals surface area contributed by atoms with E-state index < -0.39 is 0 Å². The predicted octanol–water partition coefficient (Wildman–Crippen LogP) is 4.55. The van der Waals surface area contributed by atoms with Gasteiger partial charge in [0.15, 0.2) is 0 Å². The molecule has 0 radical (unpaired) electrons. The van der Waals surface area contributed by atoms with Crippen molar-refractivity contribution in [2.24, 2.45) is 10.9 Å². The first kappa shape index (κ1) is 16.7. The second-order valence-corrected chi connectivity index (χ2v) is 4.70. The molecule has 0 bridgehead atoms. The molecule has 0 heterocycles. The maximum atomic E-state index is 5.45. The number of allylic oxidation sites excluding steroid dienone is 5. The van der Waals surface area contributed by atoms with Crippen molar-refractivity contribution >= 4 is 5.71 Å². The molecule has 0 rings (SSSR count). The highest BCUT2D eigenvalue weighted by atomic mass is 16.5. The predicted molar refractivity (Wildman–Crippen MR) is 81.1 cm³/mol. The van der Waals surface area contributed by atoms with Gasteiger partial charge in [0.1, 0.15) is 5.76 Å². The van der Waals surface area contributed by atoms with Crippen LogP contribution in [0.1, 0.15) is 41.0 Å². The van der Waals surface area contributed by atoms with E-state index in [0.717, 1.165) is 23.5 Å². The van der Waals surface area contributed by atoms with Crippen molar-refractivity contribution in [1.29, 1.82) is 0 Å². The minimum absolute atomic E-state index is 0.534. The molecule has 0 aromatic heterocycles. The molecule has 18 heavy (non-hydrogen) atoms. The Balaban J connectivity index is 5.05. The monoisotopic (exact) mass is 249 g/mol. The first-order valence-electron chi connectivity index (χ1n) is 6.50. The molecule has 2 nitrogen and oxygen atoms in total. The van der Waals surface area contributed by atoms with Crippen LogP contribution in [0.3, 0.4) is 0 Å². The Hall–Kier alpha value is -1.31. The van der Waals surface area contributed by atoms with Gasteiger partial charge in [-0.2, -0.15) is 0 Å². The van der Waals surface area contributed by atoms with Gasteiger partial charge in [0.25, 0.3) is 0 Å². The maximum Gasteiger partial charge on any atom is 0.118 e. The summed E-state index contributed by atoms with van der Waals surface area (Å²) in [4.78, 5) is 4.13. The molecule has 1 unspecified atom stereocenters. The Morgan fingerprint density at radius 1 is 1.22 bits per heavy atom. The minimum Gasteiger partial charge on any atom is -0.497 e. The normalized spacial score (nSPS) is 16.8. The maximum absolute atomic E-state index is 5.45. The van der Waals surface area contributed by atoms with Crippen LogP contribution in [0.2, 0.25) is 0 Å². The van der Waals surface area contributed by atoms with E-state index in [1.54, 1.807) is 14.2 Å². The van der Waals surface area contributed by atoms with E-state index in [-0.39, 0.29) is 0 Å². The number of nitrogens with zero attached hydrogens (tertiary/aromatic N) is 1. The fourth-order valence-corrected chi connectivity index (χ4v) is 1.59. The molecule has 1 atom stereocenters. The van der Waals surface area contributed by atoms with Gasteiger partial charge in [-0.15, -0.1) is 0 Å². The molecule has 0 saturated heterocycles. The topological polar surface area (TPSA) is 21.6 Å². The molecule has 0 aromatic rings. The van der Waals surface area contributed by atoms with Crippen molar-refractivity contribution in [2.75, 3.05) is 14.2 Å². The van der Waals surface area contributed by atoms with E-state index in [9.17, 15) is 0 Å². The first-order valence-corrected chi connectivity index (χ1v) is 6.50. The second-order valence-electron chi connectivity index (χ2n) is 4.70. The average Bonchev–Trinajstić information content (AvgIpc) is 2.34. The summed E-state index contributed by atoms with van der Waals surface area (Å²) in [5.41, 5.74) is 3.36. The van der Waals surface area contributed by atoms with Gasteiger partial charge in [0.2, 0.25) is 0 Å². The largest absolute Gasteiger partial charge is 0.497 e. The van der Waals surface area contributed by atoms with Crippen molar-refractivity contribution in [3.8, 4) is 0 Å². The van der Waals surface area contributed by atoms with Gasteiger partial charge in [-0.3, -0.25) is 4.99 Å². The summed E-state index contributed by atoms with van der Waals surface area (Å²) in [6, 6.07) is 0. The summed E-state index contributed by atoms with van der Waals surface area (Å²) in [6.45, 7) is 10.5. The highest BCUT2D eigenvalue weighted by molar-refractivity contribution is 5.93. The van der Waals surface area contributed by atoms with Gasteiger partial charge < -0.3 is 4.74 Å². The standard InChI is InChI=1S/C16H27NO/c1-8-12(2)11-16(18-7)14(4)9-13(3)10-15(5)17-6/h9-12H,8H2,1-7H3/b13-10+,14-9-,16-11+,17-15?. The lowest BCUT2D eigenvalue weighted by molar-refractivity contribution is 0.296. The molecule has 0 aliphatic rings. The third kappa shape index (κ3) is 6.43. The Labute approximate surface area is 112 Å². The van der Waals surface area contributed by atoms with Crippen LogP contribution in [0.5, 0.6) is 0 Å². The van der Waals surface area contributed by atoms with Gasteiger partial charge in [-0.25, -0.2) is 0 Å². The summed E-state index contributed by atoms with van der Waals surface area (Å²) < 4.78 is 5.45. The molecule has 0 N–H and O–H groups in total. The van der Waals surface area contributed by atoms with E-state index >= 15 is 0 Å². The van der Waals surface area contributed by atoms with Crippen LogP contribution in [-0.2, 0) is 4.74 Å². The van der Waals surface area contributed by atoms with Crippen LogP contribution in [0, 0.1) is 5.92 Å². The summed E-state index contributed by atoms with van der Waals surface area (Å²) in [6.07, 6.45) is 7.50. The van der Waals surface area contributed by atoms with Gasteiger partial charge in [0, 0.05) is 12.8 Å². The highest BCUT2D eigenvalue weighted by Crippen LogP contribution is 2.17. The number of rotatable bonds is 6. The van der Waals surface area contributed by atoms with E-state index in [1.165, 1.54) is 5.57 Å². The molecule has 0 spiro atoms. The summed E-state index contributed by atoms with van der Waals surface area (Å²) in [5, 5.41) is 0. The second kappa shape index (κ2) is 8.73. The third-order valence-corrected chi connectivity index (χ3v) is 2.92. The van der Waals surface area contributed by atoms with E-state index in [1.807, 2.05) is 6.92 Å². The van der Waals surface area contributed by atoms with Crippen molar-refractivity contribution in [1.82, 2.24) is 0 Å². The van der Waals surface area contributed by atoms with Crippen molar-refractivity contribution in [3.63, 3.8) is 0 Å². The zero-order valence-electron chi connectivity index (χ0n) is 12.9. The quantitative estimate of drug-likeness (QED) is 0.384. The van der Waals surface area contributed by atoms with Crippen LogP contribution in [0.25, 0.3) is 0 Å². The number of aliphatic imine (C=N–C) groups is 1. The lowest BCUT2D eigenvalue weighted by Crippen LogP contribution is -1.95. The summed E-state index contributed by atoms with van der Waals surface area (Å²) >= 11 is 0. The van der Waals surface area contributed by atoms with Gasteiger partial charge >= 0.3 is 0 Å². The minimum atomic E-state index is 0.534. The first-order chi connectivity index (χ1) is 8.44. The van der Waals surface area contributed by atoms with Crippen molar-refractivity contribution in [3.05, 3.63) is 35.1 Å². The Kier molecular flexibility index (Phi) is 8.10. The van der Waals surface area contributed by atoms with Crippen molar-refractivity contribution in [2.45, 2.75) is 41.0 Å². The van der Waals surface area contributed by atoms with E-state index in [4.69, 9.17) is 4.74 Å². The smallest absolute Gasteiger partial charge is 0.118 e. The SMILES string of the molecule is CCC(C)\C=C(OC)/C(C)=C\C(C)=C\C(C)=NC. The van der Waals surface area contributed by atoms with Crippen LogP contribution in [-0.4, -0.2) is 19.9 Å². The molecule has 0 aromatic carbocycles. The highest BCUT2D eigenvalue weighted by Gasteiger charge is 2.03. The van der Waals surface area contributed by atoms with Gasteiger partial charge in [-0.05, 0) is 56.4 Å². The Morgan fingerprint density at radius 3 is 2.28 bits per heavy atom. The van der Waals surface area contributed by atoms with E-state index in [2.05, 4.69) is 50.9 Å². The molecule has 0 aliphatic heterocycles. The number of methoxy groups -OCH3 is 1. The Bertz CT molecular complexity index is 373. The number of hydrogen-bond acceptors (Lipinski definition) is 2. The van der Waals surface area contributed by atoms with Crippen LogP contribution in [0.15, 0.2) is 40.1 Å². The molecular formula is C16H27NO. The third-order valence-electron chi connectivity index (χ3n) is 2.92. The fourth-order valence-electron chi connectivity index (χ4n) is 1.59. The molecule has 102 valence electrons. The van der Waals surface area contributed by atoms with Gasteiger partial charge in [-0.1, -0.05) is 19.9 Å². The lowest BCUT2D eigenvalue weighted by atomic mass is 10.0. The molecule has 0 amide bonds. The Morgan fingerprint density at radius 2 is 1.83 bits per heavy atom. The van der Waals surface area contributed by atoms with Crippen LogP contribution in [0.4, 0.5) is 0 Å².